The fourth-order valence-electron chi connectivity index (χ4n) is 1.40. The highest BCUT2D eigenvalue weighted by Crippen LogP contribution is 2.51. The third-order valence-electron chi connectivity index (χ3n) is 2.51. The van der Waals surface area contributed by atoms with Crippen LogP contribution < -0.4 is 0 Å². The molecule has 1 aromatic rings. The fourth-order valence-corrected chi connectivity index (χ4v) is 2.83. The molecule has 22 heavy (non-hydrogen) atoms. The quantitative estimate of drug-likeness (QED) is 0.848. The van der Waals surface area contributed by atoms with Crippen LogP contribution in [-0.4, -0.2) is 36.8 Å². The first-order valence-corrected chi connectivity index (χ1v) is 6.55. The van der Waals surface area contributed by atoms with E-state index in [2.05, 4.69) is 0 Å². The number of carbonyl (C=O) groups is 1. The molecular weight excluding hydrogens is 349 g/mol. The van der Waals surface area contributed by atoms with Crippen molar-refractivity contribution < 1.29 is 49.1 Å². The maximum Gasteiger partial charge on any atom is 0.447 e. The van der Waals surface area contributed by atoms with Gasteiger partial charge in [0.25, 0.3) is 0 Å². The number of aromatic carboxylic acids is 1. The van der Waals surface area contributed by atoms with Gasteiger partial charge in [0.05, 0.1) is 10.5 Å². The predicted molar refractivity (Wildman–Crippen MR) is 56.5 cm³/mol. The van der Waals surface area contributed by atoms with E-state index in [1.165, 1.54) is 0 Å². The van der Waals surface area contributed by atoms with E-state index in [0.717, 1.165) is 0 Å². The van der Waals surface area contributed by atoms with Crippen LogP contribution in [0.5, 0.6) is 0 Å². The lowest BCUT2D eigenvalue weighted by Crippen LogP contribution is -2.58. The van der Waals surface area contributed by atoms with E-state index in [-0.39, 0.29) is 12.1 Å². The SMILES string of the molecule is O=C(O)c1ccc(S(=O)(=O)C(F)(C(F)(F)F)C(F)(F)F)cc1. The van der Waals surface area contributed by atoms with Gasteiger partial charge in [0.15, 0.2) is 0 Å². The maximum absolute atomic E-state index is 13.6. The molecule has 12 heteroatoms. The average molecular weight is 354 g/mol. The van der Waals surface area contributed by atoms with Crippen LogP contribution >= 0.6 is 0 Å². The fraction of sp³-hybridized carbons (Fsp3) is 0.300. The highest BCUT2D eigenvalue weighted by atomic mass is 32.2. The molecule has 0 aliphatic heterocycles. The first-order chi connectivity index (χ1) is 9.66. The molecule has 0 aliphatic rings. The third kappa shape index (κ3) is 2.62. The van der Waals surface area contributed by atoms with Crippen molar-refractivity contribution in [3.63, 3.8) is 0 Å². The van der Waals surface area contributed by atoms with Crippen molar-refractivity contribution in [3.8, 4) is 0 Å². The summed E-state index contributed by atoms with van der Waals surface area (Å²) >= 11 is 0. The Kier molecular flexibility index (Phi) is 4.22. The number of benzene rings is 1. The van der Waals surface area contributed by atoms with Crippen LogP contribution in [0, 0.1) is 0 Å². The van der Waals surface area contributed by atoms with Gasteiger partial charge in [-0.25, -0.2) is 17.6 Å². The molecular formula is C10H5F7O4S. The highest BCUT2D eigenvalue weighted by Gasteiger charge is 2.80. The third-order valence-corrected chi connectivity index (χ3v) is 4.61. The van der Waals surface area contributed by atoms with E-state index >= 15 is 0 Å². The lowest BCUT2D eigenvalue weighted by molar-refractivity contribution is -0.305. The zero-order valence-electron chi connectivity index (χ0n) is 10.0. The topological polar surface area (TPSA) is 71.4 Å². The Labute approximate surface area is 118 Å². The molecule has 0 bridgehead atoms. The number of rotatable bonds is 3. The molecule has 0 unspecified atom stereocenters. The monoisotopic (exact) mass is 354 g/mol. The van der Waals surface area contributed by atoms with Gasteiger partial charge in [-0.05, 0) is 24.3 Å². The van der Waals surface area contributed by atoms with Gasteiger partial charge in [-0.15, -0.1) is 0 Å². The van der Waals surface area contributed by atoms with Crippen molar-refractivity contribution in [3.05, 3.63) is 29.8 Å². The minimum atomic E-state index is -6.78. The molecule has 0 amide bonds. The molecule has 1 aromatic carbocycles. The van der Waals surface area contributed by atoms with Gasteiger partial charge < -0.3 is 5.11 Å². The number of carboxylic acid groups (broad SMARTS) is 1. The van der Waals surface area contributed by atoms with Crippen molar-refractivity contribution in [1.29, 1.82) is 0 Å². The Hall–Kier alpha value is -1.85. The summed E-state index contributed by atoms with van der Waals surface area (Å²) in [6, 6.07) is 1.15. The van der Waals surface area contributed by atoms with E-state index in [1.807, 2.05) is 0 Å². The van der Waals surface area contributed by atoms with Crippen LogP contribution in [0.3, 0.4) is 0 Å². The minimum absolute atomic E-state index is 0.143. The van der Waals surface area contributed by atoms with Gasteiger partial charge in [0, 0.05) is 0 Å². The Morgan fingerprint density at radius 2 is 1.23 bits per heavy atom. The average Bonchev–Trinajstić information content (AvgIpc) is 2.35. The molecule has 0 atom stereocenters. The van der Waals surface area contributed by atoms with Crippen molar-refractivity contribution in [2.24, 2.45) is 0 Å². The summed E-state index contributed by atoms with van der Waals surface area (Å²) in [5.41, 5.74) is -0.609. The van der Waals surface area contributed by atoms with E-state index in [0.29, 0.717) is 12.1 Å². The number of hydrogen-bond acceptors (Lipinski definition) is 3. The number of hydrogen-bond donors (Lipinski definition) is 1. The van der Waals surface area contributed by atoms with E-state index in [4.69, 9.17) is 5.11 Å². The molecule has 1 rings (SSSR count). The van der Waals surface area contributed by atoms with Crippen LogP contribution in [0.4, 0.5) is 30.7 Å². The van der Waals surface area contributed by atoms with Crippen molar-refractivity contribution >= 4 is 15.8 Å². The van der Waals surface area contributed by atoms with Gasteiger partial charge in [-0.1, -0.05) is 0 Å². The summed E-state index contributed by atoms with van der Waals surface area (Å²) in [5.74, 6) is -1.61. The van der Waals surface area contributed by atoms with E-state index < -0.39 is 43.6 Å². The second-order valence-corrected chi connectivity index (χ2v) is 5.96. The lowest BCUT2D eigenvalue weighted by Gasteiger charge is -2.29. The normalized spacial score (nSPS) is 14.0. The second kappa shape index (κ2) is 5.11. The van der Waals surface area contributed by atoms with Crippen LogP contribution in [0.25, 0.3) is 0 Å². The largest absolute Gasteiger partial charge is 0.478 e. The summed E-state index contributed by atoms with van der Waals surface area (Å²) in [7, 11) is -6.57. The first-order valence-electron chi connectivity index (χ1n) is 5.06. The molecule has 0 spiro atoms. The van der Waals surface area contributed by atoms with Crippen LogP contribution in [0.2, 0.25) is 0 Å². The summed E-state index contributed by atoms with van der Waals surface area (Å²) in [5, 5.41) is 2.00. The Balaban J connectivity index is 3.58. The maximum atomic E-state index is 13.6. The minimum Gasteiger partial charge on any atom is -0.478 e. The number of carboxylic acids is 1. The van der Waals surface area contributed by atoms with Crippen molar-refractivity contribution in [2.75, 3.05) is 0 Å². The van der Waals surface area contributed by atoms with Gasteiger partial charge in [0.2, 0.25) is 9.84 Å². The standard InChI is InChI=1S/C10H5F7O4S/c11-8(9(12,13)14,10(15,16)17)22(20,21)6-3-1-5(2-4-6)7(18)19/h1-4H,(H,18,19). The molecule has 0 saturated carbocycles. The summed E-state index contributed by atoms with van der Waals surface area (Å²) in [6.45, 7) is 0. The molecule has 0 aliphatic carbocycles. The van der Waals surface area contributed by atoms with E-state index in [1.54, 1.807) is 0 Å². The second-order valence-electron chi connectivity index (χ2n) is 3.92. The van der Waals surface area contributed by atoms with Crippen LogP contribution in [0.1, 0.15) is 10.4 Å². The van der Waals surface area contributed by atoms with E-state index in [9.17, 15) is 43.9 Å². The number of halogens is 7. The first kappa shape index (κ1) is 18.2. The highest BCUT2D eigenvalue weighted by molar-refractivity contribution is 7.92. The van der Waals surface area contributed by atoms with Crippen LogP contribution in [-0.2, 0) is 9.84 Å². The Morgan fingerprint density at radius 3 is 1.50 bits per heavy atom. The number of alkyl halides is 7. The summed E-state index contributed by atoms with van der Waals surface area (Å²) < 4.78 is 111. The zero-order chi connectivity index (χ0) is 17.6. The molecule has 124 valence electrons. The molecule has 0 radical (unpaired) electrons. The van der Waals surface area contributed by atoms with Crippen molar-refractivity contribution in [1.82, 2.24) is 0 Å². The Bertz CT molecular complexity index is 659. The number of sulfone groups is 1. The summed E-state index contributed by atoms with van der Waals surface area (Å²) in [4.78, 5) is 8.84. The predicted octanol–water partition coefficient (Wildman–Crippen LogP) is 2.95. The van der Waals surface area contributed by atoms with Gasteiger partial charge >= 0.3 is 23.3 Å². The molecule has 1 N–H and O–H groups in total. The Morgan fingerprint density at radius 1 is 0.864 bits per heavy atom. The zero-order valence-corrected chi connectivity index (χ0v) is 10.9. The molecule has 0 aromatic heterocycles. The molecule has 0 fully saturated rings. The molecule has 4 nitrogen and oxygen atoms in total. The molecule has 0 heterocycles. The lowest BCUT2D eigenvalue weighted by atomic mass is 10.2. The van der Waals surface area contributed by atoms with Gasteiger partial charge in [-0.2, -0.15) is 26.3 Å². The summed E-state index contributed by atoms with van der Waals surface area (Å²) in [6.07, 6.45) is -13.6. The smallest absolute Gasteiger partial charge is 0.447 e. The van der Waals surface area contributed by atoms with Crippen LogP contribution in [0.15, 0.2) is 29.2 Å². The van der Waals surface area contributed by atoms with Crippen molar-refractivity contribution in [2.45, 2.75) is 22.2 Å². The van der Waals surface area contributed by atoms with Gasteiger partial charge in [-0.3, -0.25) is 0 Å². The molecule has 0 saturated heterocycles. The van der Waals surface area contributed by atoms with Gasteiger partial charge in [0.1, 0.15) is 0 Å².